The third-order valence-electron chi connectivity index (χ3n) is 0.655. The fourth-order valence-corrected chi connectivity index (χ4v) is 0.215. The van der Waals surface area contributed by atoms with Gasteiger partial charge in [0.2, 0.25) is 0 Å². The summed E-state index contributed by atoms with van der Waals surface area (Å²) in [6.45, 7) is 1.04. The Morgan fingerprint density at radius 3 is 2.60 bits per heavy atom. The van der Waals surface area contributed by atoms with E-state index in [1.165, 1.54) is 0 Å². The normalized spacial score (nSPS) is 34.2. The average Bonchev–Trinajstić information content (AvgIpc) is 2.12. The van der Waals surface area contributed by atoms with Crippen molar-refractivity contribution in [1.29, 1.82) is 0 Å². The standard InChI is InChI=1S/C3H7NO/c1-5-3-2-4-3/h3-4H,2H2,1H3. The molecule has 0 aromatic heterocycles. The van der Waals surface area contributed by atoms with Crippen LogP contribution in [0.15, 0.2) is 0 Å². The van der Waals surface area contributed by atoms with Gasteiger partial charge < -0.3 is 4.74 Å². The zero-order chi connectivity index (χ0) is 3.70. The molecule has 1 rings (SSSR count). The minimum Gasteiger partial charge on any atom is -0.365 e. The van der Waals surface area contributed by atoms with Gasteiger partial charge in [-0.3, -0.25) is 5.32 Å². The van der Waals surface area contributed by atoms with Gasteiger partial charge in [0.05, 0.1) is 0 Å². The third-order valence-corrected chi connectivity index (χ3v) is 0.655. The van der Waals surface area contributed by atoms with Crippen molar-refractivity contribution < 1.29 is 4.74 Å². The Morgan fingerprint density at radius 1 is 2.00 bits per heavy atom. The second-order valence-electron chi connectivity index (χ2n) is 1.13. The van der Waals surface area contributed by atoms with Crippen LogP contribution in [0, 0.1) is 0 Å². The lowest BCUT2D eigenvalue weighted by Gasteiger charge is -1.79. The van der Waals surface area contributed by atoms with Crippen molar-refractivity contribution >= 4 is 0 Å². The second-order valence-corrected chi connectivity index (χ2v) is 1.13. The summed E-state index contributed by atoms with van der Waals surface area (Å²) in [6.07, 6.45) is 0.384. The first-order valence-electron chi connectivity index (χ1n) is 1.69. The maximum absolute atomic E-state index is 4.75. The summed E-state index contributed by atoms with van der Waals surface area (Å²) in [5, 5.41) is 2.96. The summed E-state index contributed by atoms with van der Waals surface area (Å²) in [4.78, 5) is 0. The molecule has 5 heavy (non-hydrogen) atoms. The molecular weight excluding hydrogens is 66.0 g/mol. The molecule has 0 aliphatic carbocycles. The SMILES string of the molecule is COC1CN1. The van der Waals surface area contributed by atoms with Crippen LogP contribution in [0.5, 0.6) is 0 Å². The van der Waals surface area contributed by atoms with Crippen LogP contribution in [-0.2, 0) is 4.74 Å². The smallest absolute Gasteiger partial charge is 0.120 e. The molecule has 1 atom stereocenters. The fraction of sp³-hybridized carbons (Fsp3) is 1.00. The van der Waals surface area contributed by atoms with Gasteiger partial charge in [0.15, 0.2) is 0 Å². The summed E-state index contributed by atoms with van der Waals surface area (Å²) < 4.78 is 4.75. The molecule has 0 aromatic rings. The van der Waals surface area contributed by atoms with E-state index in [0.29, 0.717) is 6.23 Å². The van der Waals surface area contributed by atoms with E-state index < -0.39 is 0 Å². The molecule has 0 radical (unpaired) electrons. The highest BCUT2D eigenvalue weighted by Crippen LogP contribution is 1.92. The number of rotatable bonds is 1. The van der Waals surface area contributed by atoms with E-state index in [1.807, 2.05) is 0 Å². The number of methoxy groups -OCH3 is 1. The summed E-state index contributed by atoms with van der Waals surface area (Å²) in [6, 6.07) is 0. The van der Waals surface area contributed by atoms with Crippen LogP contribution >= 0.6 is 0 Å². The van der Waals surface area contributed by atoms with Crippen molar-refractivity contribution in [3.8, 4) is 0 Å². The lowest BCUT2D eigenvalue weighted by molar-refractivity contribution is 0.179. The van der Waals surface area contributed by atoms with Crippen LogP contribution in [0.3, 0.4) is 0 Å². The van der Waals surface area contributed by atoms with E-state index in [9.17, 15) is 0 Å². The molecule has 1 unspecified atom stereocenters. The van der Waals surface area contributed by atoms with Gasteiger partial charge >= 0.3 is 0 Å². The molecule has 1 aliphatic heterocycles. The molecule has 30 valence electrons. The van der Waals surface area contributed by atoms with Crippen molar-refractivity contribution in [3.63, 3.8) is 0 Å². The third kappa shape index (κ3) is 0.597. The molecule has 2 nitrogen and oxygen atoms in total. The van der Waals surface area contributed by atoms with Gasteiger partial charge in [-0.1, -0.05) is 0 Å². The van der Waals surface area contributed by atoms with Gasteiger partial charge in [0.1, 0.15) is 6.23 Å². The predicted molar refractivity (Wildman–Crippen MR) is 18.8 cm³/mol. The van der Waals surface area contributed by atoms with Crippen LogP contribution in [0.2, 0.25) is 0 Å². The first kappa shape index (κ1) is 3.12. The van der Waals surface area contributed by atoms with E-state index in [4.69, 9.17) is 4.74 Å². The molecule has 0 amide bonds. The number of ether oxygens (including phenoxy) is 1. The number of hydrogen-bond donors (Lipinski definition) is 1. The lowest BCUT2D eigenvalue weighted by Crippen LogP contribution is -1.89. The molecule has 0 bridgehead atoms. The zero-order valence-electron chi connectivity index (χ0n) is 3.19. The van der Waals surface area contributed by atoms with E-state index in [1.54, 1.807) is 7.11 Å². The number of nitrogens with one attached hydrogen (secondary N) is 1. The van der Waals surface area contributed by atoms with Crippen LogP contribution in [0.1, 0.15) is 0 Å². The Kier molecular flexibility index (Phi) is 0.596. The van der Waals surface area contributed by atoms with Gasteiger partial charge in [0.25, 0.3) is 0 Å². The van der Waals surface area contributed by atoms with Crippen LogP contribution < -0.4 is 5.32 Å². The number of hydrogen-bond acceptors (Lipinski definition) is 2. The van der Waals surface area contributed by atoms with E-state index in [2.05, 4.69) is 5.32 Å². The van der Waals surface area contributed by atoms with Crippen LogP contribution in [-0.4, -0.2) is 19.9 Å². The fourth-order valence-electron chi connectivity index (χ4n) is 0.215. The maximum atomic E-state index is 4.75. The lowest BCUT2D eigenvalue weighted by atomic mass is 10.9. The molecule has 0 saturated carbocycles. The quantitative estimate of drug-likeness (QED) is 0.427. The van der Waals surface area contributed by atoms with Gasteiger partial charge in [-0.2, -0.15) is 0 Å². The minimum atomic E-state index is 0.384. The highest BCUT2D eigenvalue weighted by atomic mass is 16.5. The van der Waals surface area contributed by atoms with Gasteiger partial charge in [-0.25, -0.2) is 0 Å². The molecule has 1 fully saturated rings. The highest BCUT2D eigenvalue weighted by molar-refractivity contribution is 4.70. The topological polar surface area (TPSA) is 31.2 Å². The van der Waals surface area contributed by atoms with Crippen LogP contribution in [0.4, 0.5) is 0 Å². The van der Waals surface area contributed by atoms with Crippen LogP contribution in [0.25, 0.3) is 0 Å². The molecule has 1 aliphatic rings. The van der Waals surface area contributed by atoms with Gasteiger partial charge in [-0.15, -0.1) is 0 Å². The zero-order valence-corrected chi connectivity index (χ0v) is 3.19. The molecule has 0 spiro atoms. The monoisotopic (exact) mass is 73.1 g/mol. The van der Waals surface area contributed by atoms with Gasteiger partial charge in [-0.05, 0) is 0 Å². The Labute approximate surface area is 31.1 Å². The molecule has 1 saturated heterocycles. The Bertz CT molecular complexity index is 33.9. The molecule has 0 aromatic carbocycles. The molecule has 1 heterocycles. The first-order valence-corrected chi connectivity index (χ1v) is 1.69. The predicted octanol–water partition coefficient (Wildman–Crippen LogP) is -0.438. The van der Waals surface area contributed by atoms with E-state index in [-0.39, 0.29) is 0 Å². The Hall–Kier alpha value is -0.0800. The first-order chi connectivity index (χ1) is 2.43. The van der Waals surface area contributed by atoms with Crippen molar-refractivity contribution in [2.45, 2.75) is 6.23 Å². The van der Waals surface area contributed by atoms with Crippen molar-refractivity contribution in [2.75, 3.05) is 13.7 Å². The summed E-state index contributed by atoms with van der Waals surface area (Å²) in [5.41, 5.74) is 0. The summed E-state index contributed by atoms with van der Waals surface area (Å²) in [7, 11) is 1.70. The van der Waals surface area contributed by atoms with E-state index in [0.717, 1.165) is 6.54 Å². The molecule has 2 heteroatoms. The Morgan fingerprint density at radius 2 is 2.60 bits per heavy atom. The molecule has 1 N–H and O–H groups in total. The van der Waals surface area contributed by atoms with Crippen molar-refractivity contribution in [2.24, 2.45) is 0 Å². The Balaban J connectivity index is 2.00. The van der Waals surface area contributed by atoms with E-state index >= 15 is 0 Å². The summed E-state index contributed by atoms with van der Waals surface area (Å²) in [5.74, 6) is 0. The maximum Gasteiger partial charge on any atom is 0.120 e. The minimum absolute atomic E-state index is 0.384. The second kappa shape index (κ2) is 0.954. The van der Waals surface area contributed by atoms with Crippen molar-refractivity contribution in [1.82, 2.24) is 5.32 Å². The van der Waals surface area contributed by atoms with Crippen molar-refractivity contribution in [3.05, 3.63) is 0 Å². The molecular formula is C3H7NO. The summed E-state index contributed by atoms with van der Waals surface area (Å²) >= 11 is 0. The largest absolute Gasteiger partial charge is 0.365 e. The average molecular weight is 73.1 g/mol. The highest BCUT2D eigenvalue weighted by Gasteiger charge is 2.17. The van der Waals surface area contributed by atoms with Gasteiger partial charge in [0, 0.05) is 13.7 Å².